The number of nitrogens with one attached hydrogen (secondary N) is 2. The molecule has 0 aromatic heterocycles. The van der Waals surface area contributed by atoms with Crippen LogP contribution in [0.1, 0.15) is 29.5 Å². The molecule has 1 saturated heterocycles. The number of ether oxygens (including phenoxy) is 1. The molecule has 8 heteroatoms. The number of amides is 1. The van der Waals surface area contributed by atoms with Crippen molar-refractivity contribution in [2.75, 3.05) is 18.5 Å². The fourth-order valence-corrected chi connectivity index (χ4v) is 4.14. The van der Waals surface area contributed by atoms with E-state index < -0.39 is 5.72 Å². The Morgan fingerprint density at radius 3 is 2.84 bits per heavy atom. The van der Waals surface area contributed by atoms with Crippen LogP contribution >= 0.6 is 0 Å². The molecule has 2 aromatic rings. The van der Waals surface area contributed by atoms with Crippen LogP contribution in [0, 0.1) is 5.82 Å². The Labute approximate surface area is 185 Å². The summed E-state index contributed by atoms with van der Waals surface area (Å²) in [6.45, 7) is 8.60. The monoisotopic (exact) mass is 439 g/mol. The van der Waals surface area contributed by atoms with E-state index in [1.807, 2.05) is 18.2 Å². The lowest BCUT2D eigenvalue weighted by Gasteiger charge is -2.43. The number of nitrogens with zero attached hydrogens (tertiary/aromatic N) is 1. The molecule has 2 aromatic carbocycles. The number of rotatable bonds is 7. The summed E-state index contributed by atoms with van der Waals surface area (Å²) < 4.78 is 19.7. The highest BCUT2D eigenvalue weighted by Gasteiger charge is 2.45. The van der Waals surface area contributed by atoms with Crippen molar-refractivity contribution in [1.29, 1.82) is 0 Å². The van der Waals surface area contributed by atoms with Crippen molar-refractivity contribution < 1.29 is 24.1 Å². The van der Waals surface area contributed by atoms with Crippen molar-refractivity contribution in [2.45, 2.75) is 31.7 Å². The number of anilines is 1. The molecule has 168 valence electrons. The van der Waals surface area contributed by atoms with Gasteiger partial charge in [-0.1, -0.05) is 25.3 Å². The predicted octanol–water partition coefficient (Wildman–Crippen LogP) is 2.71. The Morgan fingerprint density at radius 1 is 1.28 bits per heavy atom. The lowest BCUT2D eigenvalue weighted by atomic mass is 9.97. The fraction of sp³-hybridized carbons (Fsp3) is 0.292. The molecular formula is C24H26FN3O4. The van der Waals surface area contributed by atoms with E-state index >= 15 is 0 Å². The minimum Gasteiger partial charge on any atom is -0.491 e. The van der Waals surface area contributed by atoms with Crippen molar-refractivity contribution in [2.24, 2.45) is 0 Å². The highest BCUT2D eigenvalue weighted by molar-refractivity contribution is 5.81. The fourth-order valence-electron chi connectivity index (χ4n) is 4.14. The molecule has 0 aliphatic carbocycles. The van der Waals surface area contributed by atoms with Gasteiger partial charge in [0.1, 0.15) is 18.2 Å². The van der Waals surface area contributed by atoms with Crippen molar-refractivity contribution in [3.05, 3.63) is 77.8 Å². The van der Waals surface area contributed by atoms with Crippen LogP contribution in [0.4, 0.5) is 10.1 Å². The lowest BCUT2D eigenvalue weighted by Crippen LogP contribution is -2.54. The SMILES string of the molecule is C=C1c2cccc(NCc3cc(OCCO)ccc3F)c2CN1C1(O)CCC(=O)NC1=C. The first-order valence-corrected chi connectivity index (χ1v) is 10.4. The number of benzene rings is 2. The molecule has 32 heavy (non-hydrogen) atoms. The maximum absolute atomic E-state index is 14.3. The van der Waals surface area contributed by atoms with Gasteiger partial charge in [0.2, 0.25) is 5.91 Å². The van der Waals surface area contributed by atoms with Crippen LogP contribution in [-0.2, 0) is 17.9 Å². The van der Waals surface area contributed by atoms with Gasteiger partial charge < -0.3 is 30.5 Å². The normalized spacial score (nSPS) is 20.2. The summed E-state index contributed by atoms with van der Waals surface area (Å²) in [5.74, 6) is -0.0530. The Balaban J connectivity index is 1.54. The topological polar surface area (TPSA) is 94.1 Å². The molecule has 2 heterocycles. The minimum absolute atomic E-state index is 0.121. The first kappa shape index (κ1) is 21.9. The third kappa shape index (κ3) is 3.94. The molecule has 0 radical (unpaired) electrons. The van der Waals surface area contributed by atoms with Crippen molar-refractivity contribution >= 4 is 17.3 Å². The molecule has 2 aliphatic heterocycles. The van der Waals surface area contributed by atoms with Gasteiger partial charge >= 0.3 is 0 Å². The minimum atomic E-state index is -1.42. The third-order valence-electron chi connectivity index (χ3n) is 5.90. The summed E-state index contributed by atoms with van der Waals surface area (Å²) in [5, 5.41) is 26.1. The van der Waals surface area contributed by atoms with Gasteiger partial charge in [-0.25, -0.2) is 4.39 Å². The molecule has 0 bridgehead atoms. The van der Waals surface area contributed by atoms with E-state index in [9.17, 15) is 14.3 Å². The Bertz CT molecular complexity index is 1090. The van der Waals surface area contributed by atoms with E-state index in [-0.39, 0.29) is 50.0 Å². The third-order valence-corrected chi connectivity index (χ3v) is 5.90. The zero-order valence-electron chi connectivity index (χ0n) is 17.7. The van der Waals surface area contributed by atoms with Gasteiger partial charge in [-0.3, -0.25) is 4.79 Å². The highest BCUT2D eigenvalue weighted by Crippen LogP contribution is 2.43. The molecular weight excluding hydrogens is 413 g/mol. The number of hydrogen-bond donors (Lipinski definition) is 4. The molecule has 4 N–H and O–H groups in total. The van der Waals surface area contributed by atoms with Crippen molar-refractivity contribution in [3.8, 4) is 5.75 Å². The summed E-state index contributed by atoms with van der Waals surface area (Å²) in [6, 6.07) is 10.1. The van der Waals surface area contributed by atoms with E-state index in [0.717, 1.165) is 16.8 Å². The van der Waals surface area contributed by atoms with Gasteiger partial charge in [0.05, 0.1) is 12.3 Å². The predicted molar refractivity (Wildman–Crippen MR) is 119 cm³/mol. The average Bonchev–Trinajstić information content (AvgIpc) is 3.13. The Kier molecular flexibility index (Phi) is 5.90. The van der Waals surface area contributed by atoms with Crippen LogP contribution in [0.5, 0.6) is 5.75 Å². The molecule has 2 aliphatic rings. The summed E-state index contributed by atoms with van der Waals surface area (Å²) in [5.41, 5.74) is 2.45. The largest absolute Gasteiger partial charge is 0.491 e. The van der Waals surface area contributed by atoms with Crippen molar-refractivity contribution in [1.82, 2.24) is 10.2 Å². The second-order valence-corrected chi connectivity index (χ2v) is 7.89. The van der Waals surface area contributed by atoms with Gasteiger partial charge in [-0.05, 0) is 24.3 Å². The maximum Gasteiger partial charge on any atom is 0.224 e. The number of aliphatic hydroxyl groups is 2. The molecule has 0 saturated carbocycles. The zero-order chi connectivity index (χ0) is 22.9. The van der Waals surface area contributed by atoms with Gasteiger partial charge in [0.15, 0.2) is 5.72 Å². The van der Waals surface area contributed by atoms with Gasteiger partial charge in [0.25, 0.3) is 0 Å². The van der Waals surface area contributed by atoms with Gasteiger partial charge in [-0.15, -0.1) is 0 Å². The number of fused-ring (bicyclic) bond motifs is 1. The molecule has 4 rings (SSSR count). The first-order chi connectivity index (χ1) is 15.3. The van der Waals surface area contributed by atoms with Crippen LogP contribution in [0.25, 0.3) is 5.70 Å². The van der Waals surface area contributed by atoms with Crippen LogP contribution in [0.15, 0.2) is 55.3 Å². The Morgan fingerprint density at radius 2 is 2.09 bits per heavy atom. The van der Waals surface area contributed by atoms with Gasteiger partial charge in [-0.2, -0.15) is 0 Å². The Hall–Kier alpha value is -3.36. The molecule has 1 amide bonds. The van der Waals surface area contributed by atoms with E-state index in [0.29, 0.717) is 23.6 Å². The zero-order valence-corrected chi connectivity index (χ0v) is 17.7. The highest BCUT2D eigenvalue weighted by atomic mass is 19.1. The quantitative estimate of drug-likeness (QED) is 0.530. The summed E-state index contributed by atoms with van der Waals surface area (Å²) in [7, 11) is 0. The molecule has 0 spiro atoms. The smallest absolute Gasteiger partial charge is 0.224 e. The van der Waals surface area contributed by atoms with Gasteiger partial charge in [0, 0.05) is 54.0 Å². The number of piperidine rings is 1. The van der Waals surface area contributed by atoms with Crippen molar-refractivity contribution in [3.63, 3.8) is 0 Å². The number of aliphatic hydroxyl groups excluding tert-OH is 1. The number of carbonyl (C=O) groups is 1. The number of carbonyl (C=O) groups excluding carboxylic acids is 1. The van der Waals surface area contributed by atoms with E-state index in [4.69, 9.17) is 9.84 Å². The van der Waals surface area contributed by atoms with Crippen LogP contribution in [0.2, 0.25) is 0 Å². The van der Waals surface area contributed by atoms with Crippen LogP contribution in [-0.4, -0.2) is 40.0 Å². The van der Waals surface area contributed by atoms with E-state index in [1.165, 1.54) is 12.1 Å². The van der Waals surface area contributed by atoms with E-state index in [2.05, 4.69) is 23.8 Å². The number of hydrogen-bond acceptors (Lipinski definition) is 6. The first-order valence-electron chi connectivity index (χ1n) is 10.4. The molecule has 1 fully saturated rings. The maximum atomic E-state index is 14.3. The molecule has 1 atom stereocenters. The van der Waals surface area contributed by atoms with Crippen LogP contribution in [0.3, 0.4) is 0 Å². The molecule has 1 unspecified atom stereocenters. The second-order valence-electron chi connectivity index (χ2n) is 7.89. The average molecular weight is 439 g/mol. The summed E-state index contributed by atoms with van der Waals surface area (Å²) in [4.78, 5) is 13.4. The summed E-state index contributed by atoms with van der Waals surface area (Å²) >= 11 is 0. The second kappa shape index (κ2) is 8.64. The van der Waals surface area contributed by atoms with Crippen LogP contribution < -0.4 is 15.4 Å². The summed E-state index contributed by atoms with van der Waals surface area (Å²) in [6.07, 6.45) is 0.411. The molecule has 7 nitrogen and oxygen atoms in total. The number of halogens is 1. The standard InChI is InChI=1S/C24H26FN3O4/c1-15-19-4-3-5-22(26-13-17-12-18(32-11-10-29)6-7-21(17)25)20(19)14-28(15)24(31)9-8-23(30)27-16(24)2/h3-7,12,26,29,31H,1-2,8-11,13-14H2,(H,27,30). The lowest BCUT2D eigenvalue weighted by molar-refractivity contribution is -0.130. The van der Waals surface area contributed by atoms with E-state index in [1.54, 1.807) is 11.0 Å².